The Bertz CT molecular complexity index is 1250. The van der Waals surface area contributed by atoms with E-state index in [-0.39, 0.29) is 11.3 Å². The SMILES string of the molecule is Cc1ccccc1C1CCN(c2nc(C3(F)CCC3)nc3c(F)cc(N4CC[C@H](O)C4)cc23)CC1. The molecule has 35 heavy (non-hydrogen) atoms. The number of benzene rings is 2. The molecule has 2 aliphatic heterocycles. The van der Waals surface area contributed by atoms with E-state index in [1.165, 1.54) is 17.2 Å². The molecular formula is C28H32F2N4O. The number of rotatable bonds is 4. The number of aliphatic hydroxyl groups excluding tert-OH is 1. The second-order valence-corrected chi connectivity index (χ2v) is 10.5. The van der Waals surface area contributed by atoms with Crippen LogP contribution in [0.1, 0.15) is 61.4 Å². The number of hydrogen-bond donors (Lipinski definition) is 1. The highest BCUT2D eigenvalue weighted by Gasteiger charge is 2.43. The first-order valence-corrected chi connectivity index (χ1v) is 12.9. The van der Waals surface area contributed by atoms with Crippen molar-refractivity contribution >= 4 is 22.4 Å². The average molecular weight is 479 g/mol. The lowest BCUT2D eigenvalue weighted by molar-refractivity contribution is 0.0511. The summed E-state index contributed by atoms with van der Waals surface area (Å²) in [4.78, 5) is 13.4. The van der Waals surface area contributed by atoms with Crippen LogP contribution in [0.4, 0.5) is 20.3 Å². The van der Waals surface area contributed by atoms with Gasteiger partial charge in [-0.1, -0.05) is 24.3 Å². The van der Waals surface area contributed by atoms with E-state index in [1.807, 2.05) is 11.0 Å². The maximum absolute atomic E-state index is 15.4. The number of hydrogen-bond acceptors (Lipinski definition) is 5. The second-order valence-electron chi connectivity index (χ2n) is 10.5. The van der Waals surface area contributed by atoms with Crippen LogP contribution in [0.5, 0.6) is 0 Å². The average Bonchev–Trinajstić information content (AvgIpc) is 3.29. The molecule has 0 radical (unpaired) electrons. The molecule has 3 fully saturated rings. The number of aromatic nitrogens is 2. The summed E-state index contributed by atoms with van der Waals surface area (Å²) < 4.78 is 30.9. The lowest BCUT2D eigenvalue weighted by Gasteiger charge is -2.36. The Morgan fingerprint density at radius 1 is 1.00 bits per heavy atom. The van der Waals surface area contributed by atoms with Gasteiger partial charge >= 0.3 is 0 Å². The molecule has 1 aliphatic carbocycles. The summed E-state index contributed by atoms with van der Waals surface area (Å²) in [6, 6.07) is 11.9. The maximum atomic E-state index is 15.4. The number of β-amino-alcohol motifs (C(OH)–C–C–N with tert-alkyl or cyclic N) is 1. The van der Waals surface area contributed by atoms with Crippen molar-refractivity contribution in [2.45, 2.75) is 63.1 Å². The summed E-state index contributed by atoms with van der Waals surface area (Å²) in [5.41, 5.74) is 2.05. The zero-order valence-corrected chi connectivity index (χ0v) is 20.2. The molecule has 0 bridgehead atoms. The Balaban J connectivity index is 1.38. The minimum Gasteiger partial charge on any atom is -0.391 e. The molecule has 1 atom stereocenters. The lowest BCUT2D eigenvalue weighted by Crippen LogP contribution is -2.36. The van der Waals surface area contributed by atoms with E-state index in [9.17, 15) is 5.11 Å². The van der Waals surface area contributed by atoms with Gasteiger partial charge in [0.1, 0.15) is 11.3 Å². The van der Waals surface area contributed by atoms with Crippen molar-refractivity contribution in [2.75, 3.05) is 36.0 Å². The van der Waals surface area contributed by atoms with Crippen molar-refractivity contribution in [3.63, 3.8) is 0 Å². The molecule has 1 N–H and O–H groups in total. The van der Waals surface area contributed by atoms with Crippen LogP contribution in [0.3, 0.4) is 0 Å². The highest BCUT2D eigenvalue weighted by Crippen LogP contribution is 2.45. The molecule has 0 amide bonds. The Morgan fingerprint density at radius 2 is 1.74 bits per heavy atom. The van der Waals surface area contributed by atoms with Crippen LogP contribution < -0.4 is 9.80 Å². The Kier molecular flexibility index (Phi) is 5.63. The first-order chi connectivity index (χ1) is 16.9. The summed E-state index contributed by atoms with van der Waals surface area (Å²) >= 11 is 0. The highest BCUT2D eigenvalue weighted by atomic mass is 19.1. The van der Waals surface area contributed by atoms with Crippen LogP contribution in [0.2, 0.25) is 0 Å². The summed E-state index contributed by atoms with van der Waals surface area (Å²) in [6.07, 6.45) is 3.77. The van der Waals surface area contributed by atoms with Crippen LogP contribution in [-0.4, -0.2) is 47.4 Å². The van der Waals surface area contributed by atoms with E-state index in [0.29, 0.717) is 49.5 Å². The molecule has 5 nitrogen and oxygen atoms in total. The molecule has 3 aromatic rings. The van der Waals surface area contributed by atoms with E-state index in [4.69, 9.17) is 4.98 Å². The molecule has 3 aliphatic rings. The summed E-state index contributed by atoms with van der Waals surface area (Å²) in [5, 5.41) is 10.6. The number of aliphatic hydroxyl groups is 1. The number of nitrogens with zero attached hydrogens (tertiary/aromatic N) is 4. The van der Waals surface area contributed by atoms with Gasteiger partial charge in [0.15, 0.2) is 17.3 Å². The van der Waals surface area contributed by atoms with Crippen molar-refractivity contribution in [1.29, 1.82) is 0 Å². The molecule has 2 saturated heterocycles. The molecule has 3 heterocycles. The number of halogens is 2. The van der Waals surface area contributed by atoms with Crippen LogP contribution in [0.15, 0.2) is 36.4 Å². The van der Waals surface area contributed by atoms with Crippen molar-refractivity contribution in [3.05, 3.63) is 59.2 Å². The van der Waals surface area contributed by atoms with Gasteiger partial charge in [-0.3, -0.25) is 0 Å². The van der Waals surface area contributed by atoms with Crippen LogP contribution in [0.25, 0.3) is 10.9 Å². The summed E-state index contributed by atoms with van der Waals surface area (Å²) in [5.74, 6) is 0.771. The number of alkyl halides is 1. The molecule has 1 saturated carbocycles. The Hall–Kier alpha value is -2.80. The second kappa shape index (κ2) is 8.70. The fourth-order valence-electron chi connectivity index (χ4n) is 5.92. The number of aryl methyl sites for hydroxylation is 1. The minimum absolute atomic E-state index is 0.121. The molecule has 1 aromatic heterocycles. The quantitative estimate of drug-likeness (QED) is 0.546. The van der Waals surface area contributed by atoms with E-state index >= 15 is 8.78 Å². The third kappa shape index (κ3) is 4.03. The van der Waals surface area contributed by atoms with Crippen LogP contribution in [0, 0.1) is 12.7 Å². The molecule has 0 unspecified atom stereocenters. The standard InChI is InChI=1S/C28H32F2N4O/c1-18-5-2-3-6-22(18)19-7-12-33(13-8-19)26-23-15-20(34-14-9-21(35)17-34)16-24(29)25(23)31-27(32-26)28(30)10-4-11-28/h2-3,5-6,15-16,19,21,35H,4,7-14,17H2,1H3/t21-/m0/s1. The third-order valence-electron chi connectivity index (χ3n) is 8.22. The van der Waals surface area contributed by atoms with E-state index < -0.39 is 17.6 Å². The first kappa shape index (κ1) is 22.7. The van der Waals surface area contributed by atoms with Gasteiger partial charge in [0.2, 0.25) is 0 Å². The smallest absolute Gasteiger partial charge is 0.170 e. The Morgan fingerprint density at radius 3 is 2.40 bits per heavy atom. The summed E-state index contributed by atoms with van der Waals surface area (Å²) in [7, 11) is 0. The maximum Gasteiger partial charge on any atom is 0.170 e. The summed E-state index contributed by atoms with van der Waals surface area (Å²) in [6.45, 7) is 4.87. The van der Waals surface area contributed by atoms with Crippen molar-refractivity contribution in [1.82, 2.24) is 9.97 Å². The topological polar surface area (TPSA) is 52.5 Å². The lowest BCUT2D eigenvalue weighted by atomic mass is 9.81. The number of fused-ring (bicyclic) bond motifs is 1. The van der Waals surface area contributed by atoms with Gasteiger partial charge in [0.25, 0.3) is 0 Å². The van der Waals surface area contributed by atoms with E-state index in [1.54, 1.807) is 0 Å². The molecule has 184 valence electrons. The van der Waals surface area contributed by atoms with Gasteiger partial charge in [0.05, 0.1) is 6.10 Å². The number of anilines is 2. The largest absolute Gasteiger partial charge is 0.391 e. The Labute approximate surface area is 204 Å². The predicted molar refractivity (Wildman–Crippen MR) is 134 cm³/mol. The zero-order valence-electron chi connectivity index (χ0n) is 20.2. The minimum atomic E-state index is -1.56. The van der Waals surface area contributed by atoms with Gasteiger partial charge in [-0.15, -0.1) is 0 Å². The normalized spacial score (nSPS) is 22.6. The first-order valence-electron chi connectivity index (χ1n) is 12.9. The van der Waals surface area contributed by atoms with Gasteiger partial charge < -0.3 is 14.9 Å². The molecular weight excluding hydrogens is 446 g/mol. The van der Waals surface area contributed by atoms with E-state index in [0.717, 1.165) is 38.0 Å². The third-order valence-corrected chi connectivity index (χ3v) is 8.22. The van der Waals surface area contributed by atoms with Gasteiger partial charge in [-0.05, 0) is 74.6 Å². The fraction of sp³-hybridized carbons (Fsp3) is 0.500. The number of piperidine rings is 1. The van der Waals surface area contributed by atoms with Gasteiger partial charge in [0, 0.05) is 37.3 Å². The molecule has 6 rings (SSSR count). The molecule has 7 heteroatoms. The predicted octanol–water partition coefficient (Wildman–Crippen LogP) is 5.38. The van der Waals surface area contributed by atoms with Crippen molar-refractivity contribution < 1.29 is 13.9 Å². The molecule has 0 spiro atoms. The van der Waals surface area contributed by atoms with Crippen molar-refractivity contribution in [3.8, 4) is 0 Å². The van der Waals surface area contributed by atoms with Gasteiger partial charge in [-0.25, -0.2) is 18.7 Å². The monoisotopic (exact) mass is 478 g/mol. The molecule has 2 aromatic carbocycles. The zero-order chi connectivity index (χ0) is 24.2. The van der Waals surface area contributed by atoms with Gasteiger partial charge in [-0.2, -0.15) is 0 Å². The van der Waals surface area contributed by atoms with E-state index in [2.05, 4.69) is 41.1 Å². The van der Waals surface area contributed by atoms with Crippen molar-refractivity contribution in [2.24, 2.45) is 0 Å². The van der Waals surface area contributed by atoms with Crippen LogP contribution in [-0.2, 0) is 5.67 Å². The highest BCUT2D eigenvalue weighted by molar-refractivity contribution is 5.93. The fourth-order valence-corrected chi connectivity index (χ4v) is 5.92. The van der Waals surface area contributed by atoms with Crippen LogP contribution >= 0.6 is 0 Å².